The van der Waals surface area contributed by atoms with E-state index in [1.54, 1.807) is 6.26 Å². The number of benzene rings is 1. The van der Waals surface area contributed by atoms with Crippen LogP contribution in [0.2, 0.25) is 0 Å². The zero-order valence-corrected chi connectivity index (χ0v) is 8.17. The molecule has 0 fully saturated rings. The Kier molecular flexibility index (Phi) is 2.87. The van der Waals surface area contributed by atoms with Crippen molar-refractivity contribution in [2.75, 3.05) is 12.0 Å². The van der Waals surface area contributed by atoms with E-state index in [2.05, 4.69) is 4.36 Å². The Morgan fingerprint density at radius 1 is 1.33 bits per heavy atom. The van der Waals surface area contributed by atoms with E-state index in [0.717, 1.165) is 5.69 Å². The van der Waals surface area contributed by atoms with Crippen LogP contribution < -0.4 is 0 Å². The second kappa shape index (κ2) is 3.72. The van der Waals surface area contributed by atoms with Crippen LogP contribution in [0.3, 0.4) is 0 Å². The van der Waals surface area contributed by atoms with Crippen LogP contribution in [0.5, 0.6) is 0 Å². The van der Waals surface area contributed by atoms with Crippen molar-refractivity contribution in [2.24, 2.45) is 4.36 Å². The van der Waals surface area contributed by atoms with Gasteiger partial charge in [0.05, 0.1) is 5.69 Å². The Morgan fingerprint density at radius 3 is 2.42 bits per heavy atom. The first-order chi connectivity index (χ1) is 5.64. The summed E-state index contributed by atoms with van der Waals surface area (Å²) in [6, 6.07) is 9.42. The summed E-state index contributed by atoms with van der Waals surface area (Å²) in [5, 5.41) is 0. The van der Waals surface area contributed by atoms with Crippen LogP contribution in [0.1, 0.15) is 6.92 Å². The largest absolute Gasteiger partial charge is 0.250 e. The number of hydrogen-bond acceptors (Lipinski definition) is 2. The Morgan fingerprint density at radius 2 is 1.92 bits per heavy atom. The first-order valence-electron chi connectivity index (χ1n) is 3.89. The van der Waals surface area contributed by atoms with Gasteiger partial charge in [0.1, 0.15) is 0 Å². The van der Waals surface area contributed by atoms with Crippen LogP contribution >= 0.6 is 0 Å². The third-order valence-electron chi connectivity index (χ3n) is 1.59. The van der Waals surface area contributed by atoms with Crippen LogP contribution in [0.4, 0.5) is 5.69 Å². The lowest BCUT2D eigenvalue weighted by Crippen LogP contribution is -1.97. The van der Waals surface area contributed by atoms with E-state index in [1.807, 2.05) is 37.3 Å². The van der Waals surface area contributed by atoms with Crippen LogP contribution in [-0.4, -0.2) is 16.2 Å². The number of hydrogen-bond donors (Lipinski definition) is 0. The lowest BCUT2D eigenvalue weighted by atomic mass is 10.3. The molecule has 0 aliphatic heterocycles. The Balaban J connectivity index is 3.04. The molecule has 3 heteroatoms. The van der Waals surface area contributed by atoms with Crippen molar-refractivity contribution in [2.45, 2.75) is 6.92 Å². The average Bonchev–Trinajstić information content (AvgIpc) is 2.06. The Hall–Kier alpha value is -0.830. The van der Waals surface area contributed by atoms with Gasteiger partial charge in [-0.15, -0.1) is 0 Å². The molecule has 0 aliphatic rings. The Bertz CT molecular complexity index is 350. The van der Waals surface area contributed by atoms with Gasteiger partial charge < -0.3 is 0 Å². The van der Waals surface area contributed by atoms with Gasteiger partial charge in [0.2, 0.25) is 0 Å². The first-order valence-corrected chi connectivity index (χ1v) is 5.98. The van der Waals surface area contributed by atoms with E-state index in [-0.39, 0.29) is 0 Å². The van der Waals surface area contributed by atoms with Gasteiger partial charge in [-0.2, -0.15) is 4.36 Å². The summed E-state index contributed by atoms with van der Waals surface area (Å²) in [5.74, 6) is 0.599. The van der Waals surface area contributed by atoms with Crippen molar-refractivity contribution < 1.29 is 4.21 Å². The molecule has 0 bridgehead atoms. The van der Waals surface area contributed by atoms with E-state index in [4.69, 9.17) is 0 Å². The molecule has 1 atom stereocenters. The molecule has 0 spiro atoms. The van der Waals surface area contributed by atoms with Gasteiger partial charge in [-0.1, -0.05) is 25.1 Å². The molecule has 0 saturated heterocycles. The molecule has 0 radical (unpaired) electrons. The summed E-state index contributed by atoms with van der Waals surface area (Å²) in [5.41, 5.74) is 0.798. The molecule has 2 nitrogen and oxygen atoms in total. The minimum absolute atomic E-state index is 0.599. The summed E-state index contributed by atoms with van der Waals surface area (Å²) in [4.78, 5) is 0. The maximum absolute atomic E-state index is 11.6. The van der Waals surface area contributed by atoms with Gasteiger partial charge in [-0.05, 0) is 12.1 Å². The summed E-state index contributed by atoms with van der Waals surface area (Å²) in [7, 11) is -2.00. The third-order valence-corrected chi connectivity index (χ3v) is 3.26. The third kappa shape index (κ3) is 2.66. The molecular weight excluding hydrogens is 170 g/mol. The summed E-state index contributed by atoms with van der Waals surface area (Å²) in [6.07, 6.45) is 1.68. The van der Waals surface area contributed by atoms with Crippen molar-refractivity contribution in [3.8, 4) is 0 Å². The molecule has 0 heterocycles. The first kappa shape index (κ1) is 9.26. The monoisotopic (exact) mass is 183 g/mol. The molecule has 66 valence electrons. The summed E-state index contributed by atoms with van der Waals surface area (Å²) in [6.45, 7) is 1.88. The highest BCUT2D eigenvalue weighted by molar-refractivity contribution is 7.93. The molecule has 0 aromatic heterocycles. The standard InChI is InChI=1S/C9H13NOS/c1-3-12(2,11)10-9-7-5-4-6-8-9/h4-8H,3H2,1-2H3/t12-/m0/s1. The highest BCUT2D eigenvalue weighted by atomic mass is 32.2. The zero-order valence-electron chi connectivity index (χ0n) is 7.36. The van der Waals surface area contributed by atoms with Crippen LogP contribution in [-0.2, 0) is 9.73 Å². The predicted molar refractivity (Wildman–Crippen MR) is 53.1 cm³/mol. The highest BCUT2D eigenvalue weighted by Gasteiger charge is 1.95. The molecule has 0 unspecified atom stereocenters. The molecule has 1 aromatic carbocycles. The fourth-order valence-electron chi connectivity index (χ4n) is 0.776. The van der Waals surface area contributed by atoms with Crippen LogP contribution in [0.15, 0.2) is 34.7 Å². The van der Waals surface area contributed by atoms with Crippen LogP contribution in [0, 0.1) is 0 Å². The molecule has 0 amide bonds. The SMILES string of the molecule is CC[S@](C)(=O)=Nc1ccccc1. The van der Waals surface area contributed by atoms with Crippen molar-refractivity contribution in [3.63, 3.8) is 0 Å². The quantitative estimate of drug-likeness (QED) is 0.692. The minimum atomic E-state index is -2.00. The predicted octanol–water partition coefficient (Wildman–Crippen LogP) is 2.44. The second-order valence-corrected chi connectivity index (χ2v) is 5.35. The van der Waals surface area contributed by atoms with Gasteiger partial charge in [0.15, 0.2) is 0 Å². The average molecular weight is 183 g/mol. The van der Waals surface area contributed by atoms with Crippen molar-refractivity contribution in [1.82, 2.24) is 0 Å². The van der Waals surface area contributed by atoms with E-state index in [0.29, 0.717) is 5.75 Å². The molecule has 1 aromatic rings. The Labute approximate surface area is 73.8 Å². The molecule has 0 aliphatic carbocycles. The maximum atomic E-state index is 11.6. The molecule has 0 saturated carbocycles. The normalized spacial score (nSPS) is 15.2. The zero-order chi connectivity index (χ0) is 9.03. The van der Waals surface area contributed by atoms with Gasteiger partial charge in [-0.25, -0.2) is 4.21 Å². The lowest BCUT2D eigenvalue weighted by Gasteiger charge is -1.98. The van der Waals surface area contributed by atoms with Crippen molar-refractivity contribution >= 4 is 15.4 Å². The second-order valence-electron chi connectivity index (χ2n) is 2.67. The fraction of sp³-hybridized carbons (Fsp3) is 0.333. The maximum Gasteiger partial charge on any atom is 0.0730 e. The van der Waals surface area contributed by atoms with Gasteiger partial charge >= 0.3 is 0 Å². The fourth-order valence-corrected chi connectivity index (χ4v) is 1.47. The van der Waals surface area contributed by atoms with E-state index >= 15 is 0 Å². The lowest BCUT2D eigenvalue weighted by molar-refractivity contribution is 0.681. The summed E-state index contributed by atoms with van der Waals surface area (Å²) < 4.78 is 15.7. The highest BCUT2D eigenvalue weighted by Crippen LogP contribution is 2.12. The van der Waals surface area contributed by atoms with Crippen molar-refractivity contribution in [3.05, 3.63) is 30.3 Å². The molecule has 12 heavy (non-hydrogen) atoms. The smallest absolute Gasteiger partial charge is 0.0730 e. The van der Waals surface area contributed by atoms with Gasteiger partial charge in [0.25, 0.3) is 0 Å². The summed E-state index contributed by atoms with van der Waals surface area (Å²) >= 11 is 0. The van der Waals surface area contributed by atoms with Gasteiger partial charge in [-0.3, -0.25) is 0 Å². The van der Waals surface area contributed by atoms with E-state index in [9.17, 15) is 4.21 Å². The minimum Gasteiger partial charge on any atom is -0.250 e. The molecular formula is C9H13NOS. The number of nitrogens with zero attached hydrogens (tertiary/aromatic N) is 1. The van der Waals surface area contributed by atoms with Gasteiger partial charge in [0, 0.05) is 21.7 Å². The van der Waals surface area contributed by atoms with E-state index in [1.165, 1.54) is 0 Å². The number of rotatable bonds is 2. The van der Waals surface area contributed by atoms with Crippen molar-refractivity contribution in [1.29, 1.82) is 0 Å². The molecule has 0 N–H and O–H groups in total. The van der Waals surface area contributed by atoms with E-state index < -0.39 is 9.73 Å². The topological polar surface area (TPSA) is 29.4 Å². The molecule has 1 rings (SSSR count). The van der Waals surface area contributed by atoms with Crippen LogP contribution in [0.25, 0.3) is 0 Å².